The van der Waals surface area contributed by atoms with Crippen LogP contribution in [0.25, 0.3) is 0 Å². The number of nitrogens with zero attached hydrogens (tertiary/aromatic N) is 5. The van der Waals surface area contributed by atoms with Crippen molar-refractivity contribution in [1.82, 2.24) is 19.8 Å². The number of rotatable bonds is 10. The van der Waals surface area contributed by atoms with E-state index in [0.29, 0.717) is 28.6 Å². The van der Waals surface area contributed by atoms with Crippen LogP contribution in [0.5, 0.6) is 5.75 Å². The fraction of sp³-hybridized carbons (Fsp3) is 0.308. The standard InChI is InChI=1S/C26H30Cl2N6O3/c1-5-34(6-2)16-15-32(3)24(35)18-7-10-20(11-8-18)30-25-29-14-13-23(31-25)33(4)26(36)37-22-17-19(27)9-12-21(22)28/h7-14,17H,5-6,15-16H2,1-4H3,(H,29,30,31). The predicted octanol–water partition coefficient (Wildman–Crippen LogP) is 5.58. The second-order valence-corrected chi connectivity index (χ2v) is 9.04. The first-order chi connectivity index (χ1) is 17.7. The molecule has 0 radical (unpaired) electrons. The zero-order valence-corrected chi connectivity index (χ0v) is 22.8. The summed E-state index contributed by atoms with van der Waals surface area (Å²) in [6, 6.07) is 13.2. The third kappa shape index (κ3) is 7.79. The Hall–Kier alpha value is -3.40. The fourth-order valence-corrected chi connectivity index (χ4v) is 3.70. The molecule has 1 heterocycles. The van der Waals surface area contributed by atoms with Crippen molar-refractivity contribution in [3.8, 4) is 5.75 Å². The Morgan fingerprint density at radius 2 is 1.68 bits per heavy atom. The summed E-state index contributed by atoms with van der Waals surface area (Å²) in [7, 11) is 3.32. The predicted molar refractivity (Wildman–Crippen MR) is 147 cm³/mol. The van der Waals surface area contributed by atoms with Crippen LogP contribution in [0.2, 0.25) is 10.0 Å². The van der Waals surface area contributed by atoms with Crippen LogP contribution in [-0.2, 0) is 0 Å². The molecule has 3 rings (SSSR count). The number of carbonyl (C=O) groups is 2. The van der Waals surface area contributed by atoms with Crippen LogP contribution < -0.4 is 15.0 Å². The Morgan fingerprint density at radius 3 is 2.35 bits per heavy atom. The van der Waals surface area contributed by atoms with Gasteiger partial charge in [0.05, 0.1) is 5.02 Å². The van der Waals surface area contributed by atoms with Crippen molar-refractivity contribution in [2.45, 2.75) is 13.8 Å². The van der Waals surface area contributed by atoms with E-state index in [1.807, 2.05) is 0 Å². The highest BCUT2D eigenvalue weighted by molar-refractivity contribution is 6.34. The molecule has 0 atom stereocenters. The van der Waals surface area contributed by atoms with E-state index in [-0.39, 0.29) is 22.6 Å². The maximum Gasteiger partial charge on any atom is 0.420 e. The van der Waals surface area contributed by atoms with Gasteiger partial charge in [0.15, 0.2) is 5.75 Å². The summed E-state index contributed by atoms with van der Waals surface area (Å²) >= 11 is 12.0. The number of hydrogen-bond donors (Lipinski definition) is 1. The smallest absolute Gasteiger partial charge is 0.408 e. The molecule has 0 saturated heterocycles. The van der Waals surface area contributed by atoms with Gasteiger partial charge in [-0.3, -0.25) is 9.69 Å². The molecule has 0 aliphatic rings. The Balaban J connectivity index is 1.62. The number of likely N-dealkylation sites (N-methyl/N-ethyl adjacent to an activating group) is 2. The van der Waals surface area contributed by atoms with Gasteiger partial charge in [0.1, 0.15) is 5.82 Å². The van der Waals surface area contributed by atoms with E-state index in [0.717, 1.165) is 19.6 Å². The number of hydrogen-bond acceptors (Lipinski definition) is 7. The number of nitrogens with one attached hydrogen (secondary N) is 1. The molecule has 0 aliphatic carbocycles. The highest BCUT2D eigenvalue weighted by atomic mass is 35.5. The maximum absolute atomic E-state index is 12.8. The fourth-order valence-electron chi connectivity index (χ4n) is 3.39. The zero-order chi connectivity index (χ0) is 26.9. The van der Waals surface area contributed by atoms with Crippen molar-refractivity contribution in [3.05, 3.63) is 70.3 Å². The molecule has 0 saturated carbocycles. The van der Waals surface area contributed by atoms with E-state index in [4.69, 9.17) is 27.9 Å². The quantitative estimate of drug-likeness (QED) is 0.356. The largest absolute Gasteiger partial charge is 0.420 e. The second kappa shape index (κ2) is 13.2. The van der Waals surface area contributed by atoms with Crippen molar-refractivity contribution in [3.63, 3.8) is 0 Å². The maximum atomic E-state index is 12.8. The van der Waals surface area contributed by atoms with E-state index >= 15 is 0 Å². The second-order valence-electron chi connectivity index (χ2n) is 8.20. The molecule has 0 bridgehead atoms. The molecular formula is C26H30Cl2N6O3. The van der Waals surface area contributed by atoms with Crippen molar-refractivity contribution in [2.75, 3.05) is 50.5 Å². The summed E-state index contributed by atoms with van der Waals surface area (Å²) < 4.78 is 5.35. The number of halogens is 2. The van der Waals surface area contributed by atoms with E-state index in [1.54, 1.807) is 54.4 Å². The molecule has 11 heteroatoms. The summed E-state index contributed by atoms with van der Waals surface area (Å²) in [5, 5.41) is 3.73. The molecule has 1 N–H and O–H groups in total. The Morgan fingerprint density at radius 1 is 0.973 bits per heavy atom. The molecule has 2 aromatic carbocycles. The van der Waals surface area contributed by atoms with Crippen LogP contribution in [0, 0.1) is 0 Å². The van der Waals surface area contributed by atoms with Gasteiger partial charge in [-0.25, -0.2) is 9.78 Å². The van der Waals surface area contributed by atoms with Gasteiger partial charge in [-0.1, -0.05) is 37.0 Å². The summed E-state index contributed by atoms with van der Waals surface area (Å²) in [4.78, 5) is 39.2. The number of aromatic nitrogens is 2. The van der Waals surface area contributed by atoms with Gasteiger partial charge in [0.25, 0.3) is 5.91 Å². The number of amides is 2. The van der Waals surface area contributed by atoms with Crippen molar-refractivity contribution >= 4 is 52.7 Å². The summed E-state index contributed by atoms with van der Waals surface area (Å²) in [6.45, 7) is 7.61. The Bertz CT molecular complexity index is 1220. The highest BCUT2D eigenvalue weighted by Crippen LogP contribution is 2.28. The minimum Gasteiger partial charge on any atom is -0.408 e. The van der Waals surface area contributed by atoms with Crippen LogP contribution >= 0.6 is 23.2 Å². The molecular weight excluding hydrogens is 515 g/mol. The lowest BCUT2D eigenvalue weighted by molar-refractivity contribution is 0.0780. The lowest BCUT2D eigenvalue weighted by Gasteiger charge is -2.23. The molecule has 9 nitrogen and oxygen atoms in total. The molecule has 1 aromatic heterocycles. The monoisotopic (exact) mass is 544 g/mol. The van der Waals surface area contributed by atoms with Crippen LogP contribution in [0.15, 0.2) is 54.7 Å². The van der Waals surface area contributed by atoms with E-state index in [9.17, 15) is 9.59 Å². The van der Waals surface area contributed by atoms with Gasteiger partial charge in [-0.2, -0.15) is 4.98 Å². The van der Waals surface area contributed by atoms with Gasteiger partial charge in [0.2, 0.25) is 5.95 Å². The number of benzene rings is 2. The Labute approximate surface area is 227 Å². The minimum absolute atomic E-state index is 0.0445. The van der Waals surface area contributed by atoms with E-state index in [2.05, 4.69) is 34.0 Å². The zero-order valence-electron chi connectivity index (χ0n) is 21.2. The average Bonchev–Trinajstić information content (AvgIpc) is 2.91. The van der Waals surface area contributed by atoms with Gasteiger partial charge in [0, 0.05) is 55.7 Å². The first-order valence-corrected chi connectivity index (χ1v) is 12.6. The summed E-state index contributed by atoms with van der Waals surface area (Å²) in [5.74, 6) is 0.680. The van der Waals surface area contributed by atoms with E-state index < -0.39 is 6.09 Å². The topological polar surface area (TPSA) is 90.9 Å². The van der Waals surface area contributed by atoms with Crippen LogP contribution in [0.3, 0.4) is 0 Å². The van der Waals surface area contributed by atoms with Crippen LogP contribution in [-0.4, -0.2) is 72.0 Å². The van der Waals surface area contributed by atoms with Crippen molar-refractivity contribution < 1.29 is 14.3 Å². The molecule has 0 spiro atoms. The molecule has 2 amide bonds. The Kier molecular flexibility index (Phi) is 10.1. The average molecular weight is 545 g/mol. The number of anilines is 3. The third-order valence-electron chi connectivity index (χ3n) is 5.73. The number of ether oxygens (including phenoxy) is 1. The molecule has 0 fully saturated rings. The SMILES string of the molecule is CCN(CC)CCN(C)C(=O)c1ccc(Nc2nccc(N(C)C(=O)Oc3cc(Cl)ccc3Cl)n2)cc1. The van der Waals surface area contributed by atoms with E-state index in [1.165, 1.54) is 24.2 Å². The lowest BCUT2D eigenvalue weighted by atomic mass is 10.2. The summed E-state index contributed by atoms with van der Waals surface area (Å²) in [6.07, 6.45) is 0.825. The molecule has 0 aliphatic heterocycles. The first-order valence-electron chi connectivity index (χ1n) is 11.8. The van der Waals surface area contributed by atoms with Gasteiger partial charge in [-0.05, 0) is 55.6 Å². The minimum atomic E-state index is -0.693. The number of carbonyl (C=O) groups excluding carboxylic acids is 2. The van der Waals surface area contributed by atoms with Crippen molar-refractivity contribution in [1.29, 1.82) is 0 Å². The molecule has 196 valence electrons. The molecule has 3 aromatic rings. The molecule has 37 heavy (non-hydrogen) atoms. The molecule has 0 unspecified atom stereocenters. The van der Waals surface area contributed by atoms with Crippen LogP contribution in [0.1, 0.15) is 24.2 Å². The normalized spacial score (nSPS) is 10.8. The van der Waals surface area contributed by atoms with Gasteiger partial charge in [-0.15, -0.1) is 0 Å². The van der Waals surface area contributed by atoms with Crippen LogP contribution in [0.4, 0.5) is 22.2 Å². The lowest BCUT2D eigenvalue weighted by Crippen LogP contribution is -2.36. The first kappa shape index (κ1) is 28.2. The highest BCUT2D eigenvalue weighted by Gasteiger charge is 2.18. The van der Waals surface area contributed by atoms with Crippen molar-refractivity contribution in [2.24, 2.45) is 0 Å². The summed E-state index contributed by atoms with van der Waals surface area (Å²) in [5.41, 5.74) is 1.28. The third-order valence-corrected chi connectivity index (χ3v) is 6.28. The van der Waals surface area contributed by atoms with Gasteiger partial charge >= 0.3 is 6.09 Å². The van der Waals surface area contributed by atoms with Gasteiger partial charge < -0.3 is 19.9 Å².